The molecule has 1 aromatic carbocycles. The maximum Gasteiger partial charge on any atom is 0.223 e. The number of nitrogens with one attached hydrogen (secondary N) is 1. The number of unbranched alkanes of at least 4 members (excludes halogenated alkanes) is 1. The molecule has 1 aliphatic heterocycles. The first-order valence-electron chi connectivity index (χ1n) is 8.33. The Kier molecular flexibility index (Phi) is 6.74. The highest BCUT2D eigenvalue weighted by Gasteiger charge is 2.28. The van der Waals surface area contributed by atoms with Crippen LogP contribution in [0.15, 0.2) is 24.3 Å². The molecule has 0 radical (unpaired) electrons. The Balaban J connectivity index is 1.61. The fourth-order valence-corrected chi connectivity index (χ4v) is 3.78. The van der Waals surface area contributed by atoms with E-state index in [-0.39, 0.29) is 17.6 Å². The highest BCUT2D eigenvalue weighted by Crippen LogP contribution is 2.19. The number of amides is 1. The third kappa shape index (κ3) is 5.87. The first-order valence-corrected chi connectivity index (χ1v) is 10.2. The lowest BCUT2D eigenvalue weighted by Gasteiger charge is -2.29. The second-order valence-electron chi connectivity index (χ2n) is 6.31. The van der Waals surface area contributed by atoms with Crippen LogP contribution >= 0.6 is 0 Å². The summed E-state index contributed by atoms with van der Waals surface area (Å²) in [5.41, 5.74) is 1.09. The highest BCUT2D eigenvalue weighted by atomic mass is 32.2. The Labute approximate surface area is 143 Å². The normalized spacial score (nSPS) is 16.9. The number of hydrogen-bond donors (Lipinski definition) is 1. The van der Waals surface area contributed by atoms with Crippen molar-refractivity contribution in [2.75, 3.05) is 25.9 Å². The van der Waals surface area contributed by atoms with Crippen molar-refractivity contribution < 1.29 is 17.6 Å². The number of benzene rings is 1. The molecule has 1 aliphatic rings. The molecular formula is C17H25FN2O3S. The lowest BCUT2D eigenvalue weighted by molar-refractivity contribution is -0.126. The molecule has 1 aromatic rings. The monoisotopic (exact) mass is 356 g/mol. The minimum atomic E-state index is -3.15. The van der Waals surface area contributed by atoms with Gasteiger partial charge in [0.1, 0.15) is 5.82 Å². The van der Waals surface area contributed by atoms with Crippen molar-refractivity contribution >= 4 is 15.9 Å². The van der Waals surface area contributed by atoms with Gasteiger partial charge in [0.05, 0.1) is 6.26 Å². The van der Waals surface area contributed by atoms with Crippen LogP contribution in [0.5, 0.6) is 0 Å². The van der Waals surface area contributed by atoms with Crippen molar-refractivity contribution in [1.29, 1.82) is 0 Å². The van der Waals surface area contributed by atoms with Crippen LogP contribution < -0.4 is 5.32 Å². The molecule has 1 amide bonds. The Bertz CT molecular complexity index is 638. The summed E-state index contributed by atoms with van der Waals surface area (Å²) >= 11 is 0. The van der Waals surface area contributed by atoms with E-state index in [9.17, 15) is 17.6 Å². The summed E-state index contributed by atoms with van der Waals surface area (Å²) in [4.78, 5) is 12.1. The van der Waals surface area contributed by atoms with Crippen LogP contribution in [0.3, 0.4) is 0 Å². The van der Waals surface area contributed by atoms with Crippen LogP contribution in [-0.4, -0.2) is 44.5 Å². The SMILES string of the molecule is CS(=O)(=O)N1CCC(C(=O)NCCCCc2ccc(F)cc2)CC1. The highest BCUT2D eigenvalue weighted by molar-refractivity contribution is 7.88. The number of carbonyl (C=O) groups excluding carboxylic acids is 1. The molecule has 2 rings (SSSR count). The molecule has 0 atom stereocenters. The fraction of sp³-hybridized carbons (Fsp3) is 0.588. The van der Waals surface area contributed by atoms with Gasteiger partial charge in [0, 0.05) is 25.6 Å². The number of piperidine rings is 1. The van der Waals surface area contributed by atoms with Crippen LogP contribution in [-0.2, 0) is 21.2 Å². The average molecular weight is 356 g/mol. The van der Waals surface area contributed by atoms with E-state index in [0.717, 1.165) is 24.8 Å². The number of hydrogen-bond acceptors (Lipinski definition) is 3. The zero-order valence-electron chi connectivity index (χ0n) is 14.0. The summed E-state index contributed by atoms with van der Waals surface area (Å²) in [6, 6.07) is 6.48. The third-order valence-corrected chi connectivity index (χ3v) is 5.70. The quantitative estimate of drug-likeness (QED) is 0.759. The smallest absolute Gasteiger partial charge is 0.223 e. The minimum absolute atomic E-state index is 0.0185. The third-order valence-electron chi connectivity index (χ3n) is 4.40. The van der Waals surface area contributed by atoms with Gasteiger partial charge in [-0.05, 0) is 49.8 Å². The predicted octanol–water partition coefficient (Wildman–Crippen LogP) is 1.94. The molecule has 0 aromatic heterocycles. The van der Waals surface area contributed by atoms with E-state index in [2.05, 4.69) is 5.32 Å². The number of nitrogens with zero attached hydrogens (tertiary/aromatic N) is 1. The van der Waals surface area contributed by atoms with E-state index < -0.39 is 10.0 Å². The van der Waals surface area contributed by atoms with Crippen LogP contribution in [0.4, 0.5) is 4.39 Å². The molecule has 5 nitrogen and oxygen atoms in total. The Morgan fingerprint density at radius 2 is 1.83 bits per heavy atom. The standard InChI is InChI=1S/C17H25FN2O3S/c1-24(22,23)20-12-9-15(10-13-20)17(21)19-11-3-2-4-14-5-7-16(18)8-6-14/h5-8,15H,2-4,9-13H2,1H3,(H,19,21). The Morgan fingerprint density at radius 3 is 2.42 bits per heavy atom. The minimum Gasteiger partial charge on any atom is -0.356 e. The van der Waals surface area contributed by atoms with Gasteiger partial charge >= 0.3 is 0 Å². The fourth-order valence-electron chi connectivity index (χ4n) is 2.91. The Morgan fingerprint density at radius 1 is 1.21 bits per heavy atom. The summed E-state index contributed by atoms with van der Waals surface area (Å²) in [5, 5.41) is 2.93. The van der Waals surface area contributed by atoms with Gasteiger partial charge in [-0.3, -0.25) is 4.79 Å². The van der Waals surface area contributed by atoms with Crippen molar-refractivity contribution in [2.45, 2.75) is 32.1 Å². The number of carbonyl (C=O) groups is 1. The van der Waals surface area contributed by atoms with Gasteiger partial charge in [-0.15, -0.1) is 0 Å². The zero-order valence-corrected chi connectivity index (χ0v) is 14.8. The summed E-state index contributed by atoms with van der Waals surface area (Å²) in [5.74, 6) is -0.307. The second-order valence-corrected chi connectivity index (χ2v) is 8.29. The number of rotatable bonds is 7. The number of halogens is 1. The van der Waals surface area contributed by atoms with Crippen molar-refractivity contribution in [1.82, 2.24) is 9.62 Å². The molecule has 0 bridgehead atoms. The lowest BCUT2D eigenvalue weighted by Crippen LogP contribution is -2.42. The summed E-state index contributed by atoms with van der Waals surface area (Å²) in [6.07, 6.45) is 5.02. The van der Waals surface area contributed by atoms with Gasteiger partial charge in [0.2, 0.25) is 15.9 Å². The lowest BCUT2D eigenvalue weighted by atomic mass is 9.97. The molecule has 24 heavy (non-hydrogen) atoms. The van der Waals surface area contributed by atoms with Crippen molar-refractivity contribution in [3.05, 3.63) is 35.6 Å². The van der Waals surface area contributed by atoms with Gasteiger partial charge < -0.3 is 5.32 Å². The predicted molar refractivity (Wildman–Crippen MR) is 91.5 cm³/mol. The Hall–Kier alpha value is -1.47. The molecule has 0 aliphatic carbocycles. The van der Waals surface area contributed by atoms with Gasteiger partial charge in [-0.1, -0.05) is 12.1 Å². The van der Waals surface area contributed by atoms with E-state index in [0.29, 0.717) is 32.5 Å². The molecule has 1 saturated heterocycles. The molecule has 0 unspecified atom stereocenters. The zero-order chi connectivity index (χ0) is 17.6. The van der Waals surface area contributed by atoms with Crippen molar-refractivity contribution in [3.63, 3.8) is 0 Å². The first-order chi connectivity index (χ1) is 11.4. The molecule has 1 heterocycles. The number of aryl methyl sites for hydroxylation is 1. The molecule has 0 spiro atoms. The summed E-state index contributed by atoms with van der Waals surface area (Å²) < 4.78 is 37.1. The molecule has 1 N–H and O–H groups in total. The van der Waals surface area contributed by atoms with Gasteiger partial charge in [-0.25, -0.2) is 17.1 Å². The molecule has 134 valence electrons. The molecular weight excluding hydrogens is 331 g/mol. The van der Waals surface area contributed by atoms with Crippen LogP contribution in [0.2, 0.25) is 0 Å². The van der Waals surface area contributed by atoms with Gasteiger partial charge in [-0.2, -0.15) is 0 Å². The molecule has 1 fully saturated rings. The van der Waals surface area contributed by atoms with E-state index >= 15 is 0 Å². The van der Waals surface area contributed by atoms with Crippen molar-refractivity contribution in [2.24, 2.45) is 5.92 Å². The maximum absolute atomic E-state index is 12.8. The summed E-state index contributed by atoms with van der Waals surface area (Å²) in [7, 11) is -3.15. The first kappa shape index (κ1) is 18.9. The molecule has 7 heteroatoms. The van der Waals surface area contributed by atoms with E-state index in [1.165, 1.54) is 22.7 Å². The largest absolute Gasteiger partial charge is 0.356 e. The molecule has 0 saturated carbocycles. The summed E-state index contributed by atoms with van der Waals surface area (Å²) in [6.45, 7) is 1.45. The van der Waals surface area contributed by atoms with Crippen LogP contribution in [0.1, 0.15) is 31.2 Å². The number of sulfonamides is 1. The van der Waals surface area contributed by atoms with E-state index in [1.54, 1.807) is 12.1 Å². The van der Waals surface area contributed by atoms with Crippen LogP contribution in [0, 0.1) is 11.7 Å². The topological polar surface area (TPSA) is 66.5 Å². The van der Waals surface area contributed by atoms with E-state index in [4.69, 9.17) is 0 Å². The van der Waals surface area contributed by atoms with Crippen molar-refractivity contribution in [3.8, 4) is 0 Å². The van der Waals surface area contributed by atoms with E-state index in [1.807, 2.05) is 0 Å². The second kappa shape index (κ2) is 8.58. The van der Waals surface area contributed by atoms with Gasteiger partial charge in [0.15, 0.2) is 0 Å². The van der Waals surface area contributed by atoms with Gasteiger partial charge in [0.25, 0.3) is 0 Å². The maximum atomic E-state index is 12.8. The van der Waals surface area contributed by atoms with Crippen LogP contribution in [0.25, 0.3) is 0 Å². The average Bonchev–Trinajstić information content (AvgIpc) is 2.55.